The number of fused-ring (bicyclic) bond motifs is 1. The second-order valence-electron chi connectivity index (χ2n) is 7.25. The van der Waals surface area contributed by atoms with E-state index in [-0.39, 0.29) is 5.56 Å². The van der Waals surface area contributed by atoms with Crippen LogP contribution in [0.4, 0.5) is 0 Å². The van der Waals surface area contributed by atoms with Gasteiger partial charge in [0.2, 0.25) is 4.96 Å². The second kappa shape index (κ2) is 10.1. The molecule has 0 atom stereocenters. The topological polar surface area (TPSA) is 65.7 Å². The van der Waals surface area contributed by atoms with Gasteiger partial charge in [0.1, 0.15) is 0 Å². The molecule has 32 heavy (non-hydrogen) atoms. The zero-order valence-electron chi connectivity index (χ0n) is 18.0. The monoisotopic (exact) mass is 469 g/mol. The smallest absolute Gasteiger partial charge is 0.291 e. The molecule has 0 radical (unpaired) electrons. The van der Waals surface area contributed by atoms with Crippen LogP contribution in [0, 0.1) is 0 Å². The van der Waals surface area contributed by atoms with Crippen molar-refractivity contribution in [1.82, 2.24) is 14.6 Å². The molecule has 0 saturated carbocycles. The highest BCUT2D eigenvalue weighted by Gasteiger charge is 2.12. The number of hydrogen-bond acceptors (Lipinski definition) is 6. The zero-order valence-corrected chi connectivity index (χ0v) is 19.6. The quantitative estimate of drug-likeness (QED) is 0.323. The fraction of sp³-hybridized carbons (Fsp3) is 0.292. The molecule has 0 fully saturated rings. The molecule has 0 aliphatic carbocycles. The van der Waals surface area contributed by atoms with E-state index in [1.807, 2.05) is 43.3 Å². The molecule has 4 rings (SSSR count). The van der Waals surface area contributed by atoms with E-state index < -0.39 is 0 Å². The lowest BCUT2D eigenvalue weighted by molar-refractivity contribution is 0.271. The highest BCUT2D eigenvalue weighted by molar-refractivity contribution is 7.15. The average Bonchev–Trinajstić information content (AvgIpc) is 3.33. The van der Waals surface area contributed by atoms with E-state index >= 15 is 0 Å². The number of ether oxygens (including phenoxy) is 2. The molecule has 2 aromatic carbocycles. The molecule has 0 spiro atoms. The maximum Gasteiger partial charge on any atom is 0.291 e. The van der Waals surface area contributed by atoms with Crippen molar-refractivity contribution in [2.45, 2.75) is 33.1 Å². The molecule has 0 unspecified atom stereocenters. The second-order valence-corrected chi connectivity index (χ2v) is 8.69. The predicted octanol–water partition coefficient (Wildman–Crippen LogP) is 4.99. The van der Waals surface area contributed by atoms with Gasteiger partial charge in [-0.2, -0.15) is 9.50 Å². The lowest BCUT2D eigenvalue weighted by atomic mass is 10.2. The first-order valence-corrected chi connectivity index (χ1v) is 11.9. The molecular formula is C24H24ClN3O3S. The molecule has 6 nitrogen and oxygen atoms in total. The SMILES string of the molecule is CCCCCOc1ccc(/C=c2\sc3nc(-c4ccc(Cl)cc4)nn3c2=O)cc1OCC. The van der Waals surface area contributed by atoms with E-state index in [1.165, 1.54) is 15.9 Å². The van der Waals surface area contributed by atoms with Gasteiger partial charge in [0, 0.05) is 10.6 Å². The first-order valence-electron chi connectivity index (χ1n) is 10.7. The first kappa shape index (κ1) is 22.3. The third-order valence-electron chi connectivity index (χ3n) is 4.86. The molecule has 4 aromatic rings. The van der Waals surface area contributed by atoms with Crippen molar-refractivity contribution in [3.05, 3.63) is 67.9 Å². The Labute approximate surface area is 195 Å². The Hall–Kier alpha value is -2.90. The molecule has 8 heteroatoms. The summed E-state index contributed by atoms with van der Waals surface area (Å²) < 4.78 is 13.5. The number of halogens is 1. The van der Waals surface area contributed by atoms with E-state index in [2.05, 4.69) is 17.0 Å². The molecule has 0 N–H and O–H groups in total. The summed E-state index contributed by atoms with van der Waals surface area (Å²) >= 11 is 7.25. The summed E-state index contributed by atoms with van der Waals surface area (Å²) in [6.45, 7) is 5.29. The average molecular weight is 470 g/mol. The molecule has 0 saturated heterocycles. The molecule has 2 aromatic heterocycles. The molecule has 0 aliphatic heterocycles. The summed E-state index contributed by atoms with van der Waals surface area (Å²) in [5.41, 5.74) is 1.47. The van der Waals surface area contributed by atoms with Gasteiger partial charge in [-0.1, -0.05) is 48.8 Å². The van der Waals surface area contributed by atoms with Gasteiger partial charge in [0.25, 0.3) is 5.56 Å². The van der Waals surface area contributed by atoms with Crippen LogP contribution in [-0.4, -0.2) is 27.8 Å². The third-order valence-corrected chi connectivity index (χ3v) is 6.07. The van der Waals surface area contributed by atoms with Crippen molar-refractivity contribution in [2.75, 3.05) is 13.2 Å². The van der Waals surface area contributed by atoms with Crippen LogP contribution >= 0.6 is 22.9 Å². The number of thiazole rings is 1. The summed E-state index contributed by atoms with van der Waals surface area (Å²) in [6, 6.07) is 12.9. The maximum atomic E-state index is 12.9. The third kappa shape index (κ3) is 4.95. The number of hydrogen-bond donors (Lipinski definition) is 0. The highest BCUT2D eigenvalue weighted by Crippen LogP contribution is 2.29. The normalized spacial score (nSPS) is 11.9. The van der Waals surface area contributed by atoms with E-state index in [9.17, 15) is 4.79 Å². The maximum absolute atomic E-state index is 12.9. The molecular weight excluding hydrogens is 446 g/mol. The molecule has 0 amide bonds. The van der Waals surface area contributed by atoms with Gasteiger partial charge < -0.3 is 9.47 Å². The summed E-state index contributed by atoms with van der Waals surface area (Å²) in [5, 5.41) is 5.02. The Bertz CT molecular complexity index is 1320. The van der Waals surface area contributed by atoms with Crippen LogP contribution in [0.25, 0.3) is 22.4 Å². The minimum absolute atomic E-state index is 0.199. The van der Waals surface area contributed by atoms with Crippen LogP contribution in [0.2, 0.25) is 5.02 Å². The van der Waals surface area contributed by atoms with Crippen LogP contribution in [0.3, 0.4) is 0 Å². The van der Waals surface area contributed by atoms with Gasteiger partial charge in [0.15, 0.2) is 17.3 Å². The lowest BCUT2D eigenvalue weighted by Crippen LogP contribution is -2.23. The van der Waals surface area contributed by atoms with E-state index in [0.29, 0.717) is 39.3 Å². The largest absolute Gasteiger partial charge is 0.490 e. The molecule has 0 aliphatic rings. The number of nitrogens with zero attached hydrogens (tertiary/aromatic N) is 3. The Morgan fingerprint density at radius 3 is 2.59 bits per heavy atom. The van der Waals surface area contributed by atoms with E-state index in [0.717, 1.165) is 36.1 Å². The fourth-order valence-electron chi connectivity index (χ4n) is 3.24. The minimum Gasteiger partial charge on any atom is -0.490 e. The van der Waals surface area contributed by atoms with Crippen LogP contribution < -0.4 is 19.6 Å². The summed E-state index contributed by atoms with van der Waals surface area (Å²) in [4.78, 5) is 17.9. The standard InChI is InChI=1S/C24H24ClN3O3S/c1-3-5-6-13-31-19-12-7-16(14-20(19)30-4-2)15-21-23(29)28-24(32-21)26-22(27-28)17-8-10-18(25)11-9-17/h7-12,14-15H,3-6,13H2,1-2H3/b21-15-. The van der Waals surface area contributed by atoms with Crippen molar-refractivity contribution in [3.8, 4) is 22.9 Å². The van der Waals surface area contributed by atoms with Crippen molar-refractivity contribution in [1.29, 1.82) is 0 Å². The molecule has 166 valence electrons. The minimum atomic E-state index is -0.199. The number of rotatable bonds is 9. The zero-order chi connectivity index (χ0) is 22.5. The predicted molar refractivity (Wildman–Crippen MR) is 129 cm³/mol. The van der Waals surface area contributed by atoms with Gasteiger partial charge in [-0.05, 0) is 61.4 Å². The lowest BCUT2D eigenvalue weighted by Gasteiger charge is -2.12. The van der Waals surface area contributed by atoms with Crippen molar-refractivity contribution in [3.63, 3.8) is 0 Å². The summed E-state index contributed by atoms with van der Waals surface area (Å²) in [5.74, 6) is 1.90. The summed E-state index contributed by atoms with van der Waals surface area (Å²) in [6.07, 6.45) is 5.12. The van der Waals surface area contributed by atoms with Gasteiger partial charge in [-0.15, -0.1) is 5.10 Å². The molecule has 2 heterocycles. The van der Waals surface area contributed by atoms with Crippen molar-refractivity contribution in [2.24, 2.45) is 0 Å². The van der Waals surface area contributed by atoms with E-state index in [4.69, 9.17) is 21.1 Å². The number of aromatic nitrogens is 3. The van der Waals surface area contributed by atoms with Crippen LogP contribution in [0.5, 0.6) is 11.5 Å². The molecule has 0 bridgehead atoms. The van der Waals surface area contributed by atoms with Crippen LogP contribution in [-0.2, 0) is 0 Å². The Morgan fingerprint density at radius 1 is 1.06 bits per heavy atom. The Balaban J connectivity index is 1.62. The first-order chi connectivity index (χ1) is 15.6. The fourth-order valence-corrected chi connectivity index (χ4v) is 4.28. The van der Waals surface area contributed by atoms with Gasteiger partial charge in [-0.3, -0.25) is 4.79 Å². The van der Waals surface area contributed by atoms with Gasteiger partial charge in [0.05, 0.1) is 17.7 Å². The van der Waals surface area contributed by atoms with Crippen LogP contribution in [0.1, 0.15) is 38.7 Å². The number of benzene rings is 2. The number of unbranched alkanes of at least 4 members (excludes halogenated alkanes) is 2. The Morgan fingerprint density at radius 2 is 1.88 bits per heavy atom. The van der Waals surface area contributed by atoms with Crippen molar-refractivity contribution >= 4 is 34.0 Å². The van der Waals surface area contributed by atoms with Gasteiger partial charge >= 0.3 is 0 Å². The highest BCUT2D eigenvalue weighted by atomic mass is 35.5. The Kier molecular flexibility index (Phi) is 7.07. The van der Waals surface area contributed by atoms with Gasteiger partial charge in [-0.25, -0.2) is 0 Å². The van der Waals surface area contributed by atoms with Crippen LogP contribution in [0.15, 0.2) is 47.3 Å². The van der Waals surface area contributed by atoms with E-state index in [1.54, 1.807) is 12.1 Å². The van der Waals surface area contributed by atoms with Crippen molar-refractivity contribution < 1.29 is 9.47 Å². The summed E-state index contributed by atoms with van der Waals surface area (Å²) in [7, 11) is 0.